The van der Waals surface area contributed by atoms with Gasteiger partial charge in [-0.1, -0.05) is 20.8 Å². The van der Waals surface area contributed by atoms with Crippen molar-refractivity contribution in [2.45, 2.75) is 33.8 Å². The zero-order chi connectivity index (χ0) is 9.78. The fraction of sp³-hybridized carbons (Fsp3) is 0.889. The number of amides is 1. The molecule has 1 atom stereocenters. The Kier molecular flexibility index (Phi) is 4.24. The van der Waals surface area contributed by atoms with Gasteiger partial charge in [0.25, 0.3) is 0 Å². The molecule has 3 nitrogen and oxygen atoms in total. The van der Waals surface area contributed by atoms with Crippen LogP contribution >= 0.6 is 0 Å². The van der Waals surface area contributed by atoms with Gasteiger partial charge < -0.3 is 10.1 Å². The normalized spacial score (nSPS) is 14.1. The number of nitrogens with one attached hydrogen (secondary N) is 1. The molecule has 0 aromatic carbocycles. The van der Waals surface area contributed by atoms with Gasteiger partial charge in [-0.25, -0.2) is 0 Å². The van der Waals surface area contributed by atoms with Crippen LogP contribution in [0.4, 0.5) is 0 Å². The quantitative estimate of drug-likeness (QED) is 0.696. The molecule has 0 bridgehead atoms. The van der Waals surface area contributed by atoms with E-state index in [1.807, 2.05) is 0 Å². The monoisotopic (exact) mass is 173 g/mol. The summed E-state index contributed by atoms with van der Waals surface area (Å²) in [6.07, 6.45) is -0.354. The van der Waals surface area contributed by atoms with Crippen LogP contribution in [-0.4, -0.2) is 25.7 Å². The first kappa shape index (κ1) is 11.4. The molecule has 0 aliphatic rings. The molecule has 0 aliphatic heterocycles. The summed E-state index contributed by atoms with van der Waals surface area (Å²) in [6.45, 7) is 8.64. The Morgan fingerprint density at radius 3 is 2.33 bits per heavy atom. The topological polar surface area (TPSA) is 38.3 Å². The van der Waals surface area contributed by atoms with Crippen molar-refractivity contribution in [1.82, 2.24) is 5.32 Å². The Balaban J connectivity index is 3.72. The van der Waals surface area contributed by atoms with Gasteiger partial charge in [0.1, 0.15) is 6.10 Å². The number of rotatable bonds is 3. The average Bonchev–Trinajstić information content (AvgIpc) is 1.97. The maximum atomic E-state index is 11.2. The molecule has 12 heavy (non-hydrogen) atoms. The first-order valence-corrected chi connectivity index (χ1v) is 4.17. The van der Waals surface area contributed by atoms with Crippen LogP contribution in [0.25, 0.3) is 0 Å². The van der Waals surface area contributed by atoms with Crippen LogP contribution in [0.15, 0.2) is 0 Å². The van der Waals surface area contributed by atoms with Crippen molar-refractivity contribution >= 4 is 5.91 Å². The highest BCUT2D eigenvalue weighted by Crippen LogP contribution is 2.10. The molecule has 1 unspecified atom stereocenters. The van der Waals surface area contributed by atoms with Crippen LogP contribution in [-0.2, 0) is 9.53 Å². The lowest BCUT2D eigenvalue weighted by molar-refractivity contribution is -0.130. The number of hydrogen-bond acceptors (Lipinski definition) is 2. The number of methoxy groups -OCH3 is 1. The second-order valence-electron chi connectivity index (χ2n) is 4.16. The summed E-state index contributed by atoms with van der Waals surface area (Å²) in [5.74, 6) is -0.0487. The SMILES string of the molecule is COC(C)C(=O)NCC(C)(C)C. The third kappa shape index (κ3) is 5.13. The van der Waals surface area contributed by atoms with Gasteiger partial charge in [-0.05, 0) is 12.3 Å². The first-order valence-electron chi connectivity index (χ1n) is 4.17. The predicted molar refractivity (Wildman–Crippen MR) is 48.9 cm³/mol. The average molecular weight is 173 g/mol. The van der Waals surface area contributed by atoms with Gasteiger partial charge in [0.05, 0.1) is 0 Å². The van der Waals surface area contributed by atoms with E-state index in [4.69, 9.17) is 4.74 Å². The molecule has 0 aromatic rings. The van der Waals surface area contributed by atoms with Crippen molar-refractivity contribution in [1.29, 1.82) is 0 Å². The van der Waals surface area contributed by atoms with E-state index in [1.165, 1.54) is 7.11 Å². The van der Waals surface area contributed by atoms with E-state index >= 15 is 0 Å². The summed E-state index contributed by atoms with van der Waals surface area (Å²) >= 11 is 0. The standard InChI is InChI=1S/C9H19NO2/c1-7(12-5)8(11)10-6-9(2,3)4/h7H,6H2,1-5H3,(H,10,11). The van der Waals surface area contributed by atoms with Gasteiger partial charge in [0, 0.05) is 13.7 Å². The molecule has 0 rings (SSSR count). The van der Waals surface area contributed by atoms with Gasteiger partial charge in [-0.2, -0.15) is 0 Å². The van der Waals surface area contributed by atoms with Crippen LogP contribution in [0.2, 0.25) is 0 Å². The van der Waals surface area contributed by atoms with E-state index in [0.29, 0.717) is 6.54 Å². The van der Waals surface area contributed by atoms with Gasteiger partial charge >= 0.3 is 0 Å². The Labute approximate surface area is 74.5 Å². The van der Waals surface area contributed by atoms with Crippen LogP contribution < -0.4 is 5.32 Å². The third-order valence-corrected chi connectivity index (χ3v) is 1.52. The van der Waals surface area contributed by atoms with Gasteiger partial charge in [0.15, 0.2) is 0 Å². The molecule has 0 heterocycles. The molecular weight excluding hydrogens is 154 g/mol. The molecule has 1 amide bonds. The zero-order valence-corrected chi connectivity index (χ0v) is 8.60. The summed E-state index contributed by atoms with van der Waals surface area (Å²) < 4.78 is 4.87. The van der Waals surface area contributed by atoms with E-state index in [-0.39, 0.29) is 17.4 Å². The van der Waals surface area contributed by atoms with Gasteiger partial charge in [-0.15, -0.1) is 0 Å². The molecular formula is C9H19NO2. The summed E-state index contributed by atoms with van der Waals surface area (Å²) in [5.41, 5.74) is 0.128. The summed E-state index contributed by atoms with van der Waals surface area (Å²) in [6, 6.07) is 0. The van der Waals surface area contributed by atoms with Crippen LogP contribution in [0.1, 0.15) is 27.7 Å². The molecule has 3 heteroatoms. The summed E-state index contributed by atoms with van der Waals surface area (Å²) in [7, 11) is 1.53. The van der Waals surface area contributed by atoms with Crippen molar-refractivity contribution in [3.8, 4) is 0 Å². The van der Waals surface area contributed by atoms with Crippen molar-refractivity contribution in [3.05, 3.63) is 0 Å². The largest absolute Gasteiger partial charge is 0.372 e. The summed E-state index contributed by atoms with van der Waals surface area (Å²) in [5, 5.41) is 2.81. The Bertz CT molecular complexity index is 149. The maximum Gasteiger partial charge on any atom is 0.248 e. The Hall–Kier alpha value is -0.570. The Morgan fingerprint density at radius 1 is 1.50 bits per heavy atom. The minimum Gasteiger partial charge on any atom is -0.372 e. The first-order chi connectivity index (χ1) is 5.37. The fourth-order valence-corrected chi connectivity index (χ4v) is 0.603. The Morgan fingerprint density at radius 2 is 2.00 bits per heavy atom. The number of hydrogen-bond donors (Lipinski definition) is 1. The van der Waals surface area contributed by atoms with Crippen LogP contribution in [0.3, 0.4) is 0 Å². The molecule has 0 radical (unpaired) electrons. The second kappa shape index (κ2) is 4.45. The van der Waals surface area contributed by atoms with E-state index < -0.39 is 0 Å². The third-order valence-electron chi connectivity index (χ3n) is 1.52. The van der Waals surface area contributed by atoms with Crippen molar-refractivity contribution in [2.75, 3.05) is 13.7 Å². The van der Waals surface area contributed by atoms with Gasteiger partial charge in [-0.3, -0.25) is 4.79 Å². The van der Waals surface area contributed by atoms with Crippen LogP contribution in [0, 0.1) is 5.41 Å². The van der Waals surface area contributed by atoms with E-state index in [1.54, 1.807) is 6.92 Å². The smallest absolute Gasteiger partial charge is 0.248 e. The highest BCUT2D eigenvalue weighted by atomic mass is 16.5. The minimum atomic E-state index is -0.354. The van der Waals surface area contributed by atoms with Gasteiger partial charge in [0.2, 0.25) is 5.91 Å². The minimum absolute atomic E-state index is 0.0487. The zero-order valence-electron chi connectivity index (χ0n) is 8.60. The molecule has 72 valence electrons. The molecule has 1 N–H and O–H groups in total. The fourth-order valence-electron chi connectivity index (χ4n) is 0.603. The number of carbonyl (C=O) groups is 1. The van der Waals surface area contributed by atoms with Crippen molar-refractivity contribution in [2.24, 2.45) is 5.41 Å². The van der Waals surface area contributed by atoms with E-state index in [2.05, 4.69) is 26.1 Å². The lowest BCUT2D eigenvalue weighted by Gasteiger charge is -2.20. The highest BCUT2D eigenvalue weighted by Gasteiger charge is 2.15. The molecule has 0 aromatic heterocycles. The van der Waals surface area contributed by atoms with Crippen LogP contribution in [0.5, 0.6) is 0 Å². The second-order valence-corrected chi connectivity index (χ2v) is 4.16. The van der Waals surface area contributed by atoms with E-state index in [0.717, 1.165) is 0 Å². The number of carbonyl (C=O) groups excluding carboxylic acids is 1. The maximum absolute atomic E-state index is 11.2. The number of ether oxygens (including phenoxy) is 1. The van der Waals surface area contributed by atoms with E-state index in [9.17, 15) is 4.79 Å². The summed E-state index contributed by atoms with van der Waals surface area (Å²) in [4.78, 5) is 11.2. The van der Waals surface area contributed by atoms with Crippen molar-refractivity contribution in [3.63, 3.8) is 0 Å². The molecule has 0 spiro atoms. The highest BCUT2D eigenvalue weighted by molar-refractivity contribution is 5.80. The molecule has 0 saturated heterocycles. The molecule has 0 fully saturated rings. The predicted octanol–water partition coefficient (Wildman–Crippen LogP) is 1.18. The lowest BCUT2D eigenvalue weighted by atomic mass is 9.97. The molecule has 0 aliphatic carbocycles. The lowest BCUT2D eigenvalue weighted by Crippen LogP contribution is -2.38. The molecule has 0 saturated carbocycles. The van der Waals surface area contributed by atoms with Crippen molar-refractivity contribution < 1.29 is 9.53 Å².